The number of oxazole rings is 1. The molecule has 1 aromatic heterocycles. The van der Waals surface area contributed by atoms with E-state index in [2.05, 4.69) is 9.40 Å². The van der Waals surface area contributed by atoms with Crippen molar-refractivity contribution in [2.45, 2.75) is 0 Å². The first-order valence-corrected chi connectivity index (χ1v) is 1.85. The Morgan fingerprint density at radius 1 is 1.88 bits per heavy atom. The lowest BCUT2D eigenvalue weighted by molar-refractivity contribution is 0.109. The van der Waals surface area contributed by atoms with Crippen LogP contribution in [0.1, 0.15) is 10.6 Å². The Kier molecular flexibility index (Phi) is 0.997. The van der Waals surface area contributed by atoms with Gasteiger partial charge in [-0.3, -0.25) is 0 Å². The number of nitrogens with zero attached hydrogens (tertiary/aromatic N) is 1. The second-order valence-corrected chi connectivity index (χ2v) is 1.11. The fraction of sp³-hybridized carbons (Fsp3) is 0. The van der Waals surface area contributed by atoms with Crippen molar-refractivity contribution in [3.05, 3.63) is 12.2 Å². The smallest absolute Gasteiger partial charge is 0.122 e. The van der Waals surface area contributed by atoms with Crippen LogP contribution in [0.5, 0.6) is 5.88 Å². The van der Waals surface area contributed by atoms with Crippen molar-refractivity contribution in [3.63, 3.8) is 0 Å². The first-order valence-electron chi connectivity index (χ1n) is 1.85. The van der Waals surface area contributed by atoms with Gasteiger partial charge < -0.3 is 19.3 Å². The van der Waals surface area contributed by atoms with Crippen LogP contribution in [-0.2, 0) is 0 Å². The molecule has 4 nitrogen and oxygen atoms in total. The highest BCUT2D eigenvalue weighted by atomic mass is 16.4. The summed E-state index contributed by atoms with van der Waals surface area (Å²) in [5, 5.41) is 8.48. The van der Waals surface area contributed by atoms with Crippen molar-refractivity contribution in [2.75, 3.05) is 0 Å². The summed E-state index contributed by atoms with van der Waals surface area (Å²) in [4.78, 5) is 12.9. The Morgan fingerprint density at radius 3 is 2.88 bits per heavy atom. The molecule has 1 rings (SSSR count). The van der Waals surface area contributed by atoms with E-state index in [0.29, 0.717) is 6.29 Å². The molecule has 1 heterocycles. The van der Waals surface area contributed by atoms with Gasteiger partial charge in [0.15, 0.2) is 0 Å². The Balaban J connectivity index is 3.09. The van der Waals surface area contributed by atoms with E-state index >= 15 is 0 Å². The van der Waals surface area contributed by atoms with Crippen LogP contribution in [0.25, 0.3) is 0 Å². The van der Waals surface area contributed by atoms with E-state index in [0.717, 1.165) is 0 Å². The lowest BCUT2D eigenvalue weighted by atomic mass is 10.5. The summed E-state index contributed by atoms with van der Waals surface area (Å²) < 4.78 is 4.26. The minimum atomic E-state index is -0.417. The van der Waals surface area contributed by atoms with Crippen LogP contribution in [0.4, 0.5) is 0 Å². The van der Waals surface area contributed by atoms with E-state index in [1.54, 1.807) is 0 Å². The summed E-state index contributed by atoms with van der Waals surface area (Å²) in [7, 11) is 0. The molecule has 0 aliphatic carbocycles. The van der Waals surface area contributed by atoms with Crippen LogP contribution in [-0.4, -0.2) is 16.4 Å². The summed E-state index contributed by atoms with van der Waals surface area (Å²) in [6, 6.07) is 0. The molecular formula is C4H2NO3-. The zero-order valence-electron chi connectivity index (χ0n) is 3.79. The standard InChI is InChI=1S/C4H2NO3/c6-1-3-4(7)5-2-8-3/h1,7H/q-1. The molecule has 0 aliphatic heterocycles. The van der Waals surface area contributed by atoms with E-state index in [1.165, 1.54) is 0 Å². The lowest BCUT2D eigenvalue weighted by Crippen LogP contribution is -1.71. The van der Waals surface area contributed by atoms with Gasteiger partial charge in [-0.05, 0) is 0 Å². The number of hydrogen-bond donors (Lipinski definition) is 1. The largest absolute Gasteiger partial charge is 0.567 e. The quantitative estimate of drug-likeness (QED) is 0.410. The Bertz CT molecular complexity index is 193. The van der Waals surface area contributed by atoms with Crippen LogP contribution in [0.2, 0.25) is 0 Å². The fourth-order valence-electron chi connectivity index (χ4n) is 0.293. The number of carbonyl (C=O) groups excluding carboxylic acids is 1. The third-order valence-electron chi connectivity index (χ3n) is 0.635. The third-order valence-corrected chi connectivity index (χ3v) is 0.635. The Hall–Kier alpha value is -1.32. The molecule has 42 valence electrons. The first-order chi connectivity index (χ1) is 3.84. The number of aldehydes is 1. The predicted octanol–water partition coefficient (Wildman–Crippen LogP) is -0.00711. The number of carbonyl (C=O) groups is 1. The molecule has 4 heteroatoms. The van der Waals surface area contributed by atoms with E-state index in [9.17, 15) is 4.79 Å². The zero-order chi connectivity index (χ0) is 5.98. The molecule has 0 aromatic carbocycles. The van der Waals surface area contributed by atoms with E-state index < -0.39 is 5.88 Å². The van der Waals surface area contributed by atoms with E-state index in [1.807, 2.05) is 6.39 Å². The SMILES string of the molecule is O=Cc1o[c-]nc1O. The maximum atomic E-state index is 9.77. The van der Waals surface area contributed by atoms with Crippen molar-refractivity contribution < 1.29 is 14.3 Å². The highest BCUT2D eigenvalue weighted by Crippen LogP contribution is 2.08. The molecule has 0 aliphatic rings. The van der Waals surface area contributed by atoms with Gasteiger partial charge in [-0.15, -0.1) is 0 Å². The zero-order valence-corrected chi connectivity index (χ0v) is 3.79. The van der Waals surface area contributed by atoms with Crippen LogP contribution in [0.3, 0.4) is 0 Å². The molecule has 0 fully saturated rings. The first kappa shape index (κ1) is 4.83. The Labute approximate surface area is 44.8 Å². The monoisotopic (exact) mass is 112 g/mol. The summed E-state index contributed by atoms with van der Waals surface area (Å²) >= 11 is 0. The average molecular weight is 112 g/mol. The Morgan fingerprint density at radius 2 is 2.62 bits per heavy atom. The van der Waals surface area contributed by atoms with E-state index in [4.69, 9.17) is 5.11 Å². The molecule has 0 saturated carbocycles. The molecule has 0 spiro atoms. The third kappa shape index (κ3) is 0.556. The summed E-state index contributed by atoms with van der Waals surface area (Å²) in [6.07, 6.45) is 2.30. The van der Waals surface area contributed by atoms with Gasteiger partial charge in [-0.2, -0.15) is 0 Å². The van der Waals surface area contributed by atoms with Gasteiger partial charge in [0.05, 0.1) is 11.6 Å². The van der Waals surface area contributed by atoms with Gasteiger partial charge in [0.25, 0.3) is 0 Å². The number of aromatic hydroxyl groups is 1. The van der Waals surface area contributed by atoms with Gasteiger partial charge in [-0.1, -0.05) is 0 Å². The number of rotatable bonds is 1. The highest BCUT2D eigenvalue weighted by molar-refractivity contribution is 5.73. The van der Waals surface area contributed by atoms with Crippen LogP contribution in [0.15, 0.2) is 4.42 Å². The normalized spacial score (nSPS) is 9.00. The number of hydrogen-bond acceptors (Lipinski definition) is 4. The molecule has 8 heavy (non-hydrogen) atoms. The van der Waals surface area contributed by atoms with Crippen molar-refractivity contribution in [3.8, 4) is 5.88 Å². The van der Waals surface area contributed by atoms with E-state index in [-0.39, 0.29) is 5.76 Å². The molecule has 0 radical (unpaired) electrons. The maximum Gasteiger partial charge on any atom is 0.122 e. The second-order valence-electron chi connectivity index (χ2n) is 1.11. The lowest BCUT2D eigenvalue weighted by Gasteiger charge is -1.88. The van der Waals surface area contributed by atoms with Gasteiger partial charge in [0.2, 0.25) is 0 Å². The highest BCUT2D eigenvalue weighted by Gasteiger charge is 1.87. The maximum absolute atomic E-state index is 9.77. The van der Waals surface area contributed by atoms with Gasteiger partial charge in [0.1, 0.15) is 12.7 Å². The van der Waals surface area contributed by atoms with Crippen molar-refractivity contribution in [2.24, 2.45) is 0 Å². The second kappa shape index (κ2) is 1.65. The van der Waals surface area contributed by atoms with Crippen molar-refractivity contribution >= 4 is 6.29 Å². The summed E-state index contributed by atoms with van der Waals surface area (Å²) in [5.41, 5.74) is 0. The van der Waals surface area contributed by atoms with Crippen LogP contribution < -0.4 is 0 Å². The molecule has 0 amide bonds. The van der Waals surface area contributed by atoms with Crippen LogP contribution in [0, 0.1) is 6.39 Å². The van der Waals surface area contributed by atoms with Gasteiger partial charge >= 0.3 is 0 Å². The minimum absolute atomic E-state index is 0.190. The number of aromatic nitrogens is 1. The van der Waals surface area contributed by atoms with Crippen molar-refractivity contribution in [1.82, 2.24) is 4.98 Å². The summed E-state index contributed by atoms with van der Waals surface area (Å²) in [6.45, 7) is 0. The minimum Gasteiger partial charge on any atom is -0.567 e. The molecule has 0 saturated heterocycles. The van der Waals surface area contributed by atoms with Gasteiger partial charge in [-0.25, -0.2) is 0 Å². The fourth-order valence-corrected chi connectivity index (χ4v) is 0.293. The molecule has 0 bridgehead atoms. The van der Waals surface area contributed by atoms with Crippen molar-refractivity contribution in [1.29, 1.82) is 0 Å². The molecule has 0 unspecified atom stereocenters. The summed E-state index contributed by atoms with van der Waals surface area (Å²) in [5.74, 6) is -0.606. The van der Waals surface area contributed by atoms with Crippen LogP contribution >= 0.6 is 0 Å². The molecule has 1 aromatic rings. The molecule has 0 atom stereocenters. The molecule has 1 N–H and O–H groups in total. The average Bonchev–Trinajstić information content (AvgIpc) is 2.14. The molecular weight excluding hydrogens is 110 g/mol. The predicted molar refractivity (Wildman–Crippen MR) is 22.4 cm³/mol. The van der Waals surface area contributed by atoms with Gasteiger partial charge in [0, 0.05) is 0 Å². The topological polar surface area (TPSA) is 63.3 Å².